The lowest BCUT2D eigenvalue weighted by Crippen LogP contribution is -2.54. The van der Waals surface area contributed by atoms with Crippen molar-refractivity contribution in [2.24, 2.45) is 0 Å². The molecule has 5 rings (SSSR count). The van der Waals surface area contributed by atoms with E-state index in [0.717, 1.165) is 10.9 Å². The number of anilines is 2. The first kappa shape index (κ1) is 23.5. The first-order valence-electron chi connectivity index (χ1n) is 11.0. The van der Waals surface area contributed by atoms with Gasteiger partial charge in [-0.25, -0.2) is 0 Å². The Morgan fingerprint density at radius 3 is 2.42 bits per heavy atom. The van der Waals surface area contributed by atoms with Gasteiger partial charge in [0.2, 0.25) is 5.91 Å². The Labute approximate surface area is 217 Å². The van der Waals surface area contributed by atoms with Crippen molar-refractivity contribution in [2.75, 3.05) is 10.2 Å². The fraction of sp³-hybridized carbons (Fsp3) is 0.0370. The monoisotopic (exact) mass is 514 g/mol. The van der Waals surface area contributed by atoms with Crippen molar-refractivity contribution in [1.29, 1.82) is 0 Å². The molecule has 1 aliphatic rings. The van der Waals surface area contributed by atoms with Crippen LogP contribution in [0.4, 0.5) is 11.4 Å². The fourth-order valence-electron chi connectivity index (χ4n) is 4.04. The average molecular weight is 515 g/mol. The summed E-state index contributed by atoms with van der Waals surface area (Å²) in [6.45, 7) is 0.0553. The van der Waals surface area contributed by atoms with E-state index in [9.17, 15) is 14.4 Å². The summed E-state index contributed by atoms with van der Waals surface area (Å²) >= 11 is 11.2. The third-order valence-electron chi connectivity index (χ3n) is 5.68. The highest BCUT2D eigenvalue weighted by atomic mass is 35.5. The summed E-state index contributed by atoms with van der Waals surface area (Å²) in [5, 5.41) is 6.75. The second kappa shape index (κ2) is 9.77. The van der Waals surface area contributed by atoms with Crippen molar-refractivity contribution in [3.63, 3.8) is 0 Å². The number of benzene rings is 3. The summed E-state index contributed by atoms with van der Waals surface area (Å²) in [5.74, 6) is -1.34. The van der Waals surface area contributed by atoms with Gasteiger partial charge in [0.15, 0.2) is 5.11 Å². The van der Waals surface area contributed by atoms with Crippen LogP contribution in [0.2, 0.25) is 5.02 Å². The standard InChI is InChI=1S/C27H19ClN4O3S/c28-18-10-12-20(13-11-18)32-26(35)22(25(34)30-27(32)36)14-17-15-31(23-9-5-4-8-21(17)23)16-24(33)29-19-6-2-1-3-7-19/h1-15H,16H2,(H,29,33)(H,30,34,36)/b22-14+. The second-order valence-corrected chi connectivity index (χ2v) is 8.90. The largest absolute Gasteiger partial charge is 0.337 e. The van der Waals surface area contributed by atoms with Crippen molar-refractivity contribution >= 4 is 75.0 Å². The molecule has 1 aromatic heterocycles. The number of nitrogens with zero attached hydrogens (tertiary/aromatic N) is 2. The molecular weight excluding hydrogens is 496 g/mol. The van der Waals surface area contributed by atoms with Crippen LogP contribution < -0.4 is 15.5 Å². The van der Waals surface area contributed by atoms with E-state index >= 15 is 0 Å². The number of thiocarbonyl (C=S) groups is 1. The van der Waals surface area contributed by atoms with Gasteiger partial charge < -0.3 is 9.88 Å². The Bertz CT molecular complexity index is 1540. The Morgan fingerprint density at radius 2 is 1.67 bits per heavy atom. The van der Waals surface area contributed by atoms with Gasteiger partial charge in [0.1, 0.15) is 12.1 Å². The lowest BCUT2D eigenvalue weighted by atomic mass is 10.1. The molecule has 0 atom stereocenters. The van der Waals surface area contributed by atoms with Crippen molar-refractivity contribution in [3.05, 3.63) is 101 Å². The van der Waals surface area contributed by atoms with Gasteiger partial charge in [-0.3, -0.25) is 24.6 Å². The number of halogens is 1. The smallest absolute Gasteiger partial charge is 0.270 e. The highest BCUT2D eigenvalue weighted by Crippen LogP contribution is 2.27. The quantitative estimate of drug-likeness (QED) is 0.228. The minimum atomic E-state index is -0.589. The molecule has 1 fully saturated rings. The summed E-state index contributed by atoms with van der Waals surface area (Å²) in [7, 11) is 0. The number of fused-ring (bicyclic) bond motifs is 1. The first-order valence-corrected chi connectivity index (χ1v) is 11.8. The molecule has 0 radical (unpaired) electrons. The van der Waals surface area contributed by atoms with Crippen LogP contribution in [0.1, 0.15) is 5.56 Å². The molecule has 1 aliphatic heterocycles. The Morgan fingerprint density at radius 1 is 0.972 bits per heavy atom. The highest BCUT2D eigenvalue weighted by Gasteiger charge is 2.34. The molecule has 1 saturated heterocycles. The predicted octanol–water partition coefficient (Wildman–Crippen LogP) is 4.76. The van der Waals surface area contributed by atoms with Crippen molar-refractivity contribution < 1.29 is 14.4 Å². The highest BCUT2D eigenvalue weighted by molar-refractivity contribution is 7.80. The van der Waals surface area contributed by atoms with Crippen LogP contribution in [0.5, 0.6) is 0 Å². The van der Waals surface area contributed by atoms with Gasteiger partial charge in [-0.15, -0.1) is 0 Å². The molecule has 178 valence electrons. The molecule has 9 heteroatoms. The zero-order valence-corrected chi connectivity index (χ0v) is 20.3. The van der Waals surface area contributed by atoms with Crippen molar-refractivity contribution in [3.8, 4) is 0 Å². The molecule has 2 N–H and O–H groups in total. The SMILES string of the molecule is O=C(Cn1cc(/C=C2\C(=O)NC(=S)N(c3ccc(Cl)cc3)C2=O)c2ccccc21)Nc1ccccc1. The van der Waals surface area contributed by atoms with Crippen LogP contribution in [0.3, 0.4) is 0 Å². The normalized spacial score (nSPS) is 14.9. The summed E-state index contributed by atoms with van der Waals surface area (Å²) < 4.78 is 1.78. The molecule has 0 saturated carbocycles. The average Bonchev–Trinajstić information content (AvgIpc) is 3.20. The molecule has 0 bridgehead atoms. The Kier molecular flexibility index (Phi) is 6.37. The summed E-state index contributed by atoms with van der Waals surface area (Å²) in [6.07, 6.45) is 3.28. The number of hydrogen-bond donors (Lipinski definition) is 2. The van der Waals surface area contributed by atoms with E-state index in [-0.39, 0.29) is 23.1 Å². The van der Waals surface area contributed by atoms with Crippen LogP contribution in [0.15, 0.2) is 90.6 Å². The lowest BCUT2D eigenvalue weighted by Gasteiger charge is -2.28. The maximum absolute atomic E-state index is 13.4. The predicted molar refractivity (Wildman–Crippen MR) is 145 cm³/mol. The molecule has 7 nitrogen and oxygen atoms in total. The molecule has 0 unspecified atom stereocenters. The summed E-state index contributed by atoms with van der Waals surface area (Å²) in [6, 6.07) is 23.2. The van der Waals surface area contributed by atoms with Crippen LogP contribution in [-0.2, 0) is 20.9 Å². The molecular formula is C27H19ClN4O3S. The van der Waals surface area contributed by atoms with Gasteiger partial charge in [-0.1, -0.05) is 48.0 Å². The van der Waals surface area contributed by atoms with Crippen LogP contribution >= 0.6 is 23.8 Å². The molecule has 3 amide bonds. The number of amides is 3. The van der Waals surface area contributed by atoms with Gasteiger partial charge >= 0.3 is 0 Å². The number of aromatic nitrogens is 1. The molecule has 0 aliphatic carbocycles. The van der Waals surface area contributed by atoms with Gasteiger partial charge in [-0.05, 0) is 60.8 Å². The minimum Gasteiger partial charge on any atom is -0.337 e. The molecule has 0 spiro atoms. The number of nitrogens with one attached hydrogen (secondary N) is 2. The third kappa shape index (κ3) is 4.64. The summed E-state index contributed by atoms with van der Waals surface area (Å²) in [4.78, 5) is 40.1. The minimum absolute atomic E-state index is 0.00974. The maximum atomic E-state index is 13.4. The molecule has 3 aromatic carbocycles. The van der Waals surface area contributed by atoms with E-state index in [0.29, 0.717) is 22.0 Å². The van der Waals surface area contributed by atoms with Crippen LogP contribution in [0, 0.1) is 0 Å². The molecule has 2 heterocycles. The second-order valence-electron chi connectivity index (χ2n) is 8.08. The third-order valence-corrected chi connectivity index (χ3v) is 6.21. The van der Waals surface area contributed by atoms with E-state index in [1.54, 1.807) is 35.0 Å². The first-order chi connectivity index (χ1) is 17.4. The van der Waals surface area contributed by atoms with E-state index in [1.165, 1.54) is 11.0 Å². The van der Waals surface area contributed by atoms with Gasteiger partial charge in [-0.2, -0.15) is 0 Å². The zero-order chi connectivity index (χ0) is 25.2. The van der Waals surface area contributed by atoms with E-state index in [2.05, 4.69) is 10.6 Å². The van der Waals surface area contributed by atoms with Gasteiger partial charge in [0.05, 0.1) is 5.69 Å². The van der Waals surface area contributed by atoms with Crippen molar-refractivity contribution in [2.45, 2.75) is 6.54 Å². The number of carbonyl (C=O) groups excluding carboxylic acids is 3. The topological polar surface area (TPSA) is 83.4 Å². The fourth-order valence-corrected chi connectivity index (χ4v) is 4.44. The van der Waals surface area contributed by atoms with Gasteiger partial charge in [0, 0.05) is 33.4 Å². The molecule has 36 heavy (non-hydrogen) atoms. The number of hydrogen-bond acceptors (Lipinski definition) is 4. The number of para-hydroxylation sites is 2. The lowest BCUT2D eigenvalue weighted by molar-refractivity contribution is -0.122. The van der Waals surface area contributed by atoms with E-state index in [4.69, 9.17) is 23.8 Å². The number of rotatable bonds is 5. The van der Waals surface area contributed by atoms with E-state index < -0.39 is 11.8 Å². The zero-order valence-electron chi connectivity index (χ0n) is 18.8. The maximum Gasteiger partial charge on any atom is 0.270 e. The van der Waals surface area contributed by atoms with E-state index in [1.807, 2.05) is 54.6 Å². The Hall–Kier alpha value is -4.27. The van der Waals surface area contributed by atoms with Gasteiger partial charge in [0.25, 0.3) is 11.8 Å². The molecule has 4 aromatic rings. The Balaban J connectivity index is 1.49. The van der Waals surface area contributed by atoms with Crippen LogP contribution in [0.25, 0.3) is 17.0 Å². The van der Waals surface area contributed by atoms with Crippen molar-refractivity contribution in [1.82, 2.24) is 9.88 Å². The number of carbonyl (C=O) groups is 3. The van der Waals surface area contributed by atoms with Crippen LogP contribution in [-0.4, -0.2) is 27.4 Å². The summed E-state index contributed by atoms with van der Waals surface area (Å²) in [5.41, 5.74) is 2.53.